The van der Waals surface area contributed by atoms with E-state index in [1.165, 1.54) is 0 Å². The Bertz CT molecular complexity index is 1290. The number of benzene rings is 3. The van der Waals surface area contributed by atoms with Crippen molar-refractivity contribution in [3.05, 3.63) is 83.4 Å². The minimum absolute atomic E-state index is 0.199. The van der Waals surface area contributed by atoms with Crippen LogP contribution in [0.15, 0.2) is 66.7 Å². The maximum Gasteiger partial charge on any atom is 0.325 e. The van der Waals surface area contributed by atoms with Gasteiger partial charge >= 0.3 is 6.03 Å². The van der Waals surface area contributed by atoms with Crippen LogP contribution in [0.3, 0.4) is 0 Å². The summed E-state index contributed by atoms with van der Waals surface area (Å²) in [5.74, 6) is 1.68. The molecule has 0 unspecified atom stereocenters. The molecule has 2 aliphatic heterocycles. The summed E-state index contributed by atoms with van der Waals surface area (Å²) in [6.45, 7) is 2.19. The van der Waals surface area contributed by atoms with E-state index in [4.69, 9.17) is 14.2 Å². The number of nitrogens with zero attached hydrogens (tertiary/aromatic N) is 1. The minimum Gasteiger partial charge on any atom is -0.496 e. The lowest BCUT2D eigenvalue weighted by Crippen LogP contribution is -2.65. The van der Waals surface area contributed by atoms with Gasteiger partial charge in [0, 0.05) is 29.7 Å². The van der Waals surface area contributed by atoms with E-state index in [0.29, 0.717) is 41.5 Å². The molecule has 0 spiro atoms. The molecular weight excluding hydrogens is 446 g/mol. The van der Waals surface area contributed by atoms with E-state index in [9.17, 15) is 9.59 Å². The average molecular weight is 474 g/mol. The number of nitrogens with one attached hydrogen (secondary N) is 2. The highest BCUT2D eigenvalue weighted by molar-refractivity contribution is 5.99. The van der Waals surface area contributed by atoms with Crippen molar-refractivity contribution in [3.8, 4) is 17.2 Å². The second-order valence-electron chi connectivity index (χ2n) is 8.74. The molecule has 2 bridgehead atoms. The molecule has 2 atom stereocenters. The van der Waals surface area contributed by atoms with E-state index in [1.54, 1.807) is 43.4 Å². The van der Waals surface area contributed by atoms with Gasteiger partial charge in [-0.1, -0.05) is 36.4 Å². The van der Waals surface area contributed by atoms with Crippen LogP contribution in [0, 0.1) is 0 Å². The lowest BCUT2D eigenvalue weighted by molar-refractivity contribution is 0.0349. The van der Waals surface area contributed by atoms with Gasteiger partial charge in [-0.05, 0) is 37.3 Å². The second-order valence-corrected chi connectivity index (χ2v) is 8.74. The average Bonchev–Trinajstić information content (AvgIpc) is 2.86. The molecule has 180 valence electrons. The summed E-state index contributed by atoms with van der Waals surface area (Å²) in [6.07, 6.45) is 0.545. The Kier molecular flexibility index (Phi) is 5.72. The summed E-state index contributed by atoms with van der Waals surface area (Å²) in [5, 5.41) is 6.00. The number of para-hydroxylation sites is 2. The first-order valence-electron chi connectivity index (χ1n) is 11.4. The van der Waals surface area contributed by atoms with E-state index in [-0.39, 0.29) is 18.0 Å². The van der Waals surface area contributed by atoms with Gasteiger partial charge in [-0.3, -0.25) is 9.69 Å². The number of carbonyl (C=O) groups is 2. The van der Waals surface area contributed by atoms with Crippen LogP contribution in [0.1, 0.15) is 40.9 Å². The van der Waals surface area contributed by atoms with Gasteiger partial charge in [-0.15, -0.1) is 0 Å². The van der Waals surface area contributed by atoms with Gasteiger partial charge < -0.3 is 24.8 Å². The summed E-state index contributed by atoms with van der Waals surface area (Å²) >= 11 is 0. The fraction of sp³-hybridized carbons (Fsp3) is 0.259. The first-order chi connectivity index (χ1) is 16.9. The van der Waals surface area contributed by atoms with Crippen LogP contribution in [0.4, 0.5) is 10.5 Å². The number of urea groups is 1. The summed E-state index contributed by atoms with van der Waals surface area (Å²) < 4.78 is 17.3. The standard InChI is InChI=1S/C27H27N3O5/c1-27-15-21(20-11-7-13-23(34-3)24(20)35-27)29-26(32)30(27)19-10-6-9-17(14-19)25(31)28-16-18-8-4-5-12-22(18)33-2/h4-14,21H,15-16H2,1-3H3,(H,28,31)(H,29,32)/t21-,27+/m0/s1. The molecule has 0 aromatic heterocycles. The van der Waals surface area contributed by atoms with E-state index in [2.05, 4.69) is 10.6 Å². The van der Waals surface area contributed by atoms with E-state index < -0.39 is 5.72 Å². The lowest BCUT2D eigenvalue weighted by atomic mass is 9.89. The highest BCUT2D eigenvalue weighted by Gasteiger charge is 2.50. The predicted octanol–water partition coefficient (Wildman–Crippen LogP) is 4.40. The van der Waals surface area contributed by atoms with Crippen molar-refractivity contribution in [2.75, 3.05) is 19.1 Å². The number of ether oxygens (including phenoxy) is 3. The third-order valence-electron chi connectivity index (χ3n) is 6.48. The van der Waals surface area contributed by atoms with Gasteiger partial charge in [-0.25, -0.2) is 4.79 Å². The molecule has 3 amide bonds. The Morgan fingerprint density at radius 1 is 1.09 bits per heavy atom. The van der Waals surface area contributed by atoms with Crippen LogP contribution < -0.4 is 29.7 Å². The van der Waals surface area contributed by atoms with E-state index >= 15 is 0 Å². The maximum atomic E-state index is 13.2. The number of amides is 3. The first-order valence-corrected chi connectivity index (χ1v) is 11.4. The number of rotatable bonds is 6. The highest BCUT2D eigenvalue weighted by atomic mass is 16.5. The van der Waals surface area contributed by atoms with Crippen molar-refractivity contribution in [3.63, 3.8) is 0 Å². The molecule has 2 heterocycles. The van der Waals surface area contributed by atoms with Crippen molar-refractivity contribution < 1.29 is 23.8 Å². The Hall–Kier alpha value is -4.20. The van der Waals surface area contributed by atoms with Gasteiger partial charge in [-0.2, -0.15) is 0 Å². The second kappa shape index (κ2) is 8.87. The molecule has 35 heavy (non-hydrogen) atoms. The van der Waals surface area contributed by atoms with Crippen molar-refractivity contribution in [2.45, 2.75) is 31.7 Å². The smallest absolute Gasteiger partial charge is 0.325 e. The fourth-order valence-electron chi connectivity index (χ4n) is 4.82. The van der Waals surface area contributed by atoms with Crippen LogP contribution in [-0.2, 0) is 6.54 Å². The molecular formula is C27H27N3O5. The summed E-state index contributed by atoms with van der Waals surface area (Å²) in [7, 11) is 3.19. The minimum atomic E-state index is -0.957. The van der Waals surface area contributed by atoms with Gasteiger partial charge in [0.1, 0.15) is 5.75 Å². The van der Waals surface area contributed by atoms with Crippen LogP contribution in [0.5, 0.6) is 17.2 Å². The Morgan fingerprint density at radius 3 is 2.63 bits per heavy atom. The monoisotopic (exact) mass is 473 g/mol. The molecule has 5 rings (SSSR count). The Morgan fingerprint density at radius 2 is 1.83 bits per heavy atom. The SMILES string of the molecule is COc1ccccc1CNC(=O)c1cccc(N2C(=O)N[C@H]3C[C@@]2(C)Oc2c(OC)cccc23)c1. The number of fused-ring (bicyclic) bond motifs is 4. The maximum absolute atomic E-state index is 13.2. The summed E-state index contributed by atoms with van der Waals surface area (Å²) in [6, 6.07) is 19.7. The first kappa shape index (κ1) is 22.6. The van der Waals surface area contributed by atoms with Gasteiger partial charge in [0.2, 0.25) is 0 Å². The Labute approximate surface area is 203 Å². The molecule has 1 fully saturated rings. The van der Waals surface area contributed by atoms with Crippen molar-refractivity contribution in [2.24, 2.45) is 0 Å². The van der Waals surface area contributed by atoms with Crippen LogP contribution in [0.2, 0.25) is 0 Å². The molecule has 3 aromatic rings. The van der Waals surface area contributed by atoms with E-state index in [1.807, 2.05) is 49.4 Å². The molecule has 0 radical (unpaired) electrons. The van der Waals surface area contributed by atoms with Gasteiger partial charge in [0.05, 0.1) is 25.9 Å². The largest absolute Gasteiger partial charge is 0.496 e. The third-order valence-corrected chi connectivity index (χ3v) is 6.48. The van der Waals surface area contributed by atoms with Crippen molar-refractivity contribution >= 4 is 17.6 Å². The topological polar surface area (TPSA) is 89.1 Å². The normalized spacial score (nSPS) is 20.3. The van der Waals surface area contributed by atoms with Gasteiger partial charge in [0.15, 0.2) is 17.2 Å². The highest BCUT2D eigenvalue weighted by Crippen LogP contribution is 2.49. The zero-order chi connectivity index (χ0) is 24.6. The molecule has 0 aliphatic carbocycles. The predicted molar refractivity (Wildman–Crippen MR) is 131 cm³/mol. The van der Waals surface area contributed by atoms with Crippen LogP contribution >= 0.6 is 0 Å². The van der Waals surface area contributed by atoms with Crippen molar-refractivity contribution in [1.82, 2.24) is 10.6 Å². The molecule has 1 saturated heterocycles. The van der Waals surface area contributed by atoms with Crippen molar-refractivity contribution in [1.29, 1.82) is 0 Å². The number of methoxy groups -OCH3 is 2. The summed E-state index contributed by atoms with van der Waals surface area (Å²) in [4.78, 5) is 27.8. The molecule has 8 nitrogen and oxygen atoms in total. The number of anilines is 1. The van der Waals surface area contributed by atoms with E-state index in [0.717, 1.165) is 11.1 Å². The number of hydrogen-bond donors (Lipinski definition) is 2. The molecule has 0 saturated carbocycles. The Balaban J connectivity index is 1.41. The quantitative estimate of drug-likeness (QED) is 0.554. The molecule has 8 heteroatoms. The number of carbonyl (C=O) groups excluding carboxylic acids is 2. The van der Waals surface area contributed by atoms with Crippen LogP contribution in [-0.4, -0.2) is 31.9 Å². The molecule has 2 N–H and O–H groups in total. The molecule has 3 aromatic carbocycles. The fourth-order valence-corrected chi connectivity index (χ4v) is 4.82. The number of hydrogen-bond acceptors (Lipinski definition) is 5. The third kappa shape index (κ3) is 4.01. The van der Waals surface area contributed by atoms with Crippen LogP contribution in [0.25, 0.3) is 0 Å². The zero-order valence-corrected chi connectivity index (χ0v) is 19.8. The lowest BCUT2D eigenvalue weighted by Gasteiger charge is -2.50. The molecule has 2 aliphatic rings. The zero-order valence-electron chi connectivity index (χ0n) is 19.8. The summed E-state index contributed by atoms with van der Waals surface area (Å²) in [5.41, 5.74) is 1.80. The van der Waals surface area contributed by atoms with Gasteiger partial charge in [0.25, 0.3) is 5.91 Å².